The molecule has 6 nitrogen and oxygen atoms in total. The molecule has 1 aromatic carbocycles. The van der Waals surface area contributed by atoms with E-state index in [9.17, 15) is 9.18 Å². The Bertz CT molecular complexity index is 894. The molecule has 102 valence electrons. The van der Waals surface area contributed by atoms with Gasteiger partial charge in [-0.1, -0.05) is 12.1 Å². The number of fused-ring (bicyclic) bond motifs is 1. The quantitative estimate of drug-likeness (QED) is 0.777. The number of halogens is 1. The number of pyridine rings is 1. The summed E-state index contributed by atoms with van der Waals surface area (Å²) in [6.45, 7) is 0. The number of hydrogen-bond donors (Lipinski definition) is 1. The van der Waals surface area contributed by atoms with Gasteiger partial charge in [-0.2, -0.15) is 10.4 Å². The number of hydrogen-bond acceptors (Lipinski definition) is 4. The smallest absolute Gasteiger partial charge is 0.338 e. The molecule has 0 saturated carbocycles. The Morgan fingerprint density at radius 3 is 2.67 bits per heavy atom. The number of nitriles is 1. The molecule has 7 heteroatoms. The highest BCUT2D eigenvalue weighted by atomic mass is 19.1. The number of aromatic nitrogens is 3. The van der Waals surface area contributed by atoms with Crippen molar-refractivity contribution in [2.75, 3.05) is 0 Å². The summed E-state index contributed by atoms with van der Waals surface area (Å²) in [6, 6.07) is 9.18. The van der Waals surface area contributed by atoms with Gasteiger partial charge < -0.3 is 5.11 Å². The number of rotatable bonds is 2. The zero-order valence-corrected chi connectivity index (χ0v) is 10.5. The topological polar surface area (TPSA) is 91.3 Å². The van der Waals surface area contributed by atoms with Crippen molar-refractivity contribution in [3.63, 3.8) is 0 Å². The van der Waals surface area contributed by atoms with Gasteiger partial charge in [-0.05, 0) is 12.1 Å². The number of carboxylic acid groups (broad SMARTS) is 1. The first kappa shape index (κ1) is 12.7. The van der Waals surface area contributed by atoms with Gasteiger partial charge in [0.15, 0.2) is 11.5 Å². The summed E-state index contributed by atoms with van der Waals surface area (Å²) in [4.78, 5) is 15.0. The van der Waals surface area contributed by atoms with Crippen molar-refractivity contribution in [1.82, 2.24) is 14.6 Å². The molecule has 0 radical (unpaired) electrons. The molecule has 2 heterocycles. The van der Waals surface area contributed by atoms with Crippen molar-refractivity contribution in [1.29, 1.82) is 5.26 Å². The molecule has 0 amide bonds. The summed E-state index contributed by atoms with van der Waals surface area (Å²) in [5.41, 5.74) is 0.573. The molecule has 3 rings (SSSR count). The molecule has 0 atom stereocenters. The summed E-state index contributed by atoms with van der Waals surface area (Å²) in [7, 11) is 0. The summed E-state index contributed by atoms with van der Waals surface area (Å²) in [5, 5.41) is 21.8. The van der Waals surface area contributed by atoms with Crippen LogP contribution < -0.4 is 0 Å². The molecule has 3 aromatic rings. The van der Waals surface area contributed by atoms with Crippen LogP contribution in [0, 0.1) is 17.1 Å². The van der Waals surface area contributed by atoms with E-state index in [2.05, 4.69) is 10.1 Å². The second kappa shape index (κ2) is 4.68. The highest BCUT2D eigenvalue weighted by Crippen LogP contribution is 2.26. The highest BCUT2D eigenvalue weighted by molar-refractivity contribution is 5.91. The molecular formula is C14H7FN4O2. The summed E-state index contributed by atoms with van der Waals surface area (Å²) in [5.74, 6) is -2.28. The fourth-order valence-corrected chi connectivity index (χ4v) is 2.04. The number of nitrogens with zero attached hydrogens (tertiary/aromatic N) is 4. The molecule has 0 saturated heterocycles. The Hall–Kier alpha value is -3.27. The van der Waals surface area contributed by atoms with Gasteiger partial charge in [0.25, 0.3) is 0 Å². The lowest BCUT2D eigenvalue weighted by atomic mass is 10.1. The van der Waals surface area contributed by atoms with Gasteiger partial charge in [-0.25, -0.2) is 18.7 Å². The van der Waals surface area contributed by atoms with E-state index in [-0.39, 0.29) is 11.3 Å². The van der Waals surface area contributed by atoms with Crippen LogP contribution in [-0.4, -0.2) is 25.7 Å². The highest BCUT2D eigenvalue weighted by Gasteiger charge is 2.20. The molecule has 2 aromatic heterocycles. The van der Waals surface area contributed by atoms with Crippen LogP contribution in [0.2, 0.25) is 0 Å². The first-order chi connectivity index (χ1) is 10.1. The minimum absolute atomic E-state index is 0.00751. The molecule has 0 fully saturated rings. The predicted molar refractivity (Wildman–Crippen MR) is 70.1 cm³/mol. The van der Waals surface area contributed by atoms with Gasteiger partial charge in [0, 0.05) is 11.6 Å². The van der Waals surface area contributed by atoms with E-state index in [1.807, 2.05) is 6.07 Å². The fraction of sp³-hybridized carbons (Fsp3) is 0. The average Bonchev–Trinajstić information content (AvgIpc) is 2.94. The zero-order chi connectivity index (χ0) is 15.0. The van der Waals surface area contributed by atoms with Crippen LogP contribution >= 0.6 is 0 Å². The van der Waals surface area contributed by atoms with Crippen molar-refractivity contribution < 1.29 is 14.3 Å². The molecule has 0 aliphatic rings. The third kappa shape index (κ3) is 1.99. The normalized spacial score (nSPS) is 10.5. The van der Waals surface area contributed by atoms with Gasteiger partial charge in [-0.3, -0.25) is 0 Å². The van der Waals surface area contributed by atoms with Gasteiger partial charge in [0.2, 0.25) is 0 Å². The SMILES string of the molecule is N#Cc1ccc(-c2c(F)c(C(=O)O)cc3ncnn23)cc1. The van der Waals surface area contributed by atoms with Crippen LogP contribution in [0.5, 0.6) is 0 Å². The number of carboxylic acids is 1. The Balaban J connectivity index is 2.34. The molecule has 0 unspecified atom stereocenters. The van der Waals surface area contributed by atoms with E-state index < -0.39 is 17.3 Å². The third-order valence-corrected chi connectivity index (χ3v) is 3.02. The van der Waals surface area contributed by atoms with Gasteiger partial charge in [0.05, 0.1) is 11.6 Å². The fourth-order valence-electron chi connectivity index (χ4n) is 2.04. The second-order valence-electron chi connectivity index (χ2n) is 4.24. The van der Waals surface area contributed by atoms with Gasteiger partial charge in [0.1, 0.15) is 17.6 Å². The van der Waals surface area contributed by atoms with E-state index >= 15 is 0 Å². The van der Waals surface area contributed by atoms with E-state index in [1.165, 1.54) is 35.1 Å². The van der Waals surface area contributed by atoms with E-state index in [4.69, 9.17) is 10.4 Å². The van der Waals surface area contributed by atoms with E-state index in [0.29, 0.717) is 11.1 Å². The summed E-state index contributed by atoms with van der Waals surface area (Å²) in [6.07, 6.45) is 1.22. The van der Waals surface area contributed by atoms with Crippen molar-refractivity contribution in [2.45, 2.75) is 0 Å². The van der Waals surface area contributed by atoms with Gasteiger partial charge >= 0.3 is 5.97 Å². The predicted octanol–water partition coefficient (Wildman–Crippen LogP) is 2.11. The molecule has 1 N–H and O–H groups in total. The van der Waals surface area contributed by atoms with Crippen LogP contribution in [0.3, 0.4) is 0 Å². The lowest BCUT2D eigenvalue weighted by Gasteiger charge is -2.08. The van der Waals surface area contributed by atoms with Crippen molar-refractivity contribution in [3.05, 3.63) is 53.6 Å². The number of benzene rings is 1. The minimum Gasteiger partial charge on any atom is -0.478 e. The molecule has 0 aliphatic carbocycles. The van der Waals surface area contributed by atoms with Crippen LogP contribution in [-0.2, 0) is 0 Å². The van der Waals surface area contributed by atoms with E-state index in [1.54, 1.807) is 0 Å². The first-order valence-electron chi connectivity index (χ1n) is 5.88. The standard InChI is InChI=1S/C14H7FN4O2/c15-12-10(14(20)21)5-11-17-7-18-19(11)13(12)9-3-1-8(6-16)2-4-9/h1-5,7H,(H,20,21). The lowest BCUT2D eigenvalue weighted by Crippen LogP contribution is -2.07. The maximum atomic E-state index is 14.5. The third-order valence-electron chi connectivity index (χ3n) is 3.02. The second-order valence-corrected chi connectivity index (χ2v) is 4.24. The van der Waals surface area contributed by atoms with Crippen LogP contribution in [0.1, 0.15) is 15.9 Å². The van der Waals surface area contributed by atoms with Crippen LogP contribution in [0.25, 0.3) is 16.9 Å². The van der Waals surface area contributed by atoms with E-state index in [0.717, 1.165) is 6.07 Å². The zero-order valence-electron chi connectivity index (χ0n) is 10.5. The largest absolute Gasteiger partial charge is 0.478 e. The average molecular weight is 282 g/mol. The number of carbonyl (C=O) groups is 1. The Morgan fingerprint density at radius 2 is 2.05 bits per heavy atom. The van der Waals surface area contributed by atoms with Crippen molar-refractivity contribution in [2.24, 2.45) is 0 Å². The summed E-state index contributed by atoms with van der Waals surface area (Å²) >= 11 is 0. The molecule has 21 heavy (non-hydrogen) atoms. The first-order valence-corrected chi connectivity index (χ1v) is 5.88. The lowest BCUT2D eigenvalue weighted by molar-refractivity contribution is 0.0692. The Labute approximate surface area is 117 Å². The Morgan fingerprint density at radius 1 is 1.33 bits per heavy atom. The maximum absolute atomic E-state index is 14.5. The number of aromatic carboxylic acids is 1. The summed E-state index contributed by atoms with van der Waals surface area (Å²) < 4.78 is 15.7. The molecule has 0 bridgehead atoms. The monoisotopic (exact) mass is 282 g/mol. The van der Waals surface area contributed by atoms with Gasteiger partial charge in [-0.15, -0.1) is 0 Å². The molecular weight excluding hydrogens is 275 g/mol. The van der Waals surface area contributed by atoms with Crippen molar-refractivity contribution >= 4 is 11.6 Å². The van der Waals surface area contributed by atoms with Crippen LogP contribution in [0.4, 0.5) is 4.39 Å². The van der Waals surface area contributed by atoms with Crippen molar-refractivity contribution in [3.8, 4) is 17.3 Å². The molecule has 0 spiro atoms. The Kier molecular flexibility index (Phi) is 2.84. The minimum atomic E-state index is -1.38. The maximum Gasteiger partial charge on any atom is 0.338 e. The van der Waals surface area contributed by atoms with Crippen LogP contribution in [0.15, 0.2) is 36.7 Å². The molecule has 0 aliphatic heterocycles.